The predicted octanol–water partition coefficient (Wildman–Crippen LogP) is 2.74. The zero-order chi connectivity index (χ0) is 19.5. The zero-order valence-electron chi connectivity index (χ0n) is 15.5. The molecular weight excluding hydrogens is 376 g/mol. The SMILES string of the molecule is COc1ccc(CN2NNN=C2c2c[nH]n(-c3ccc(OC)cc3)c2=S)cc1. The number of rotatable bonds is 6. The summed E-state index contributed by atoms with van der Waals surface area (Å²) in [5, 5.41) is 9.45. The summed E-state index contributed by atoms with van der Waals surface area (Å²) in [4.78, 5) is 0. The molecule has 2 aromatic carbocycles. The fraction of sp³-hybridized carbons (Fsp3) is 0.158. The summed E-state index contributed by atoms with van der Waals surface area (Å²) in [6, 6.07) is 15.6. The van der Waals surface area contributed by atoms with Crippen LogP contribution in [0.15, 0.2) is 59.8 Å². The maximum Gasteiger partial charge on any atom is 0.177 e. The Morgan fingerprint density at radius 2 is 1.61 bits per heavy atom. The summed E-state index contributed by atoms with van der Waals surface area (Å²) in [7, 11) is 3.30. The van der Waals surface area contributed by atoms with E-state index in [2.05, 4.69) is 21.3 Å². The number of aromatic nitrogens is 2. The van der Waals surface area contributed by atoms with Crippen molar-refractivity contribution in [2.75, 3.05) is 14.2 Å². The molecule has 2 heterocycles. The zero-order valence-corrected chi connectivity index (χ0v) is 16.3. The Kier molecular flexibility index (Phi) is 5.00. The molecule has 3 N–H and O–H groups in total. The monoisotopic (exact) mass is 396 g/mol. The second kappa shape index (κ2) is 7.75. The molecule has 0 fully saturated rings. The highest BCUT2D eigenvalue weighted by Gasteiger charge is 2.22. The van der Waals surface area contributed by atoms with Gasteiger partial charge in [-0.15, -0.1) is 10.6 Å². The normalized spacial score (nSPS) is 13.2. The Morgan fingerprint density at radius 1 is 0.964 bits per heavy atom. The number of methoxy groups -OCH3 is 2. The van der Waals surface area contributed by atoms with Crippen molar-refractivity contribution in [3.05, 3.63) is 70.5 Å². The van der Waals surface area contributed by atoms with Crippen LogP contribution in [0.1, 0.15) is 11.1 Å². The van der Waals surface area contributed by atoms with E-state index in [9.17, 15) is 0 Å². The predicted molar refractivity (Wildman–Crippen MR) is 109 cm³/mol. The van der Waals surface area contributed by atoms with Crippen molar-refractivity contribution >= 4 is 18.1 Å². The standard InChI is InChI=1S/C19H20N6O2S/c1-26-15-7-3-13(4-8-15)12-24-18(21-22-23-24)17-11-20-25(19(17)28)14-5-9-16(27-2)10-6-14/h3-11,20,22-23H,12H2,1-2H3. The first-order valence-electron chi connectivity index (χ1n) is 8.63. The van der Waals surface area contributed by atoms with E-state index < -0.39 is 0 Å². The molecule has 9 heteroatoms. The molecule has 1 aliphatic heterocycles. The maximum absolute atomic E-state index is 5.68. The van der Waals surface area contributed by atoms with Crippen LogP contribution in [0.4, 0.5) is 0 Å². The minimum absolute atomic E-state index is 0.609. The van der Waals surface area contributed by atoms with Gasteiger partial charge in [0, 0.05) is 6.20 Å². The highest BCUT2D eigenvalue weighted by Crippen LogP contribution is 2.19. The van der Waals surface area contributed by atoms with Crippen LogP contribution in [0.3, 0.4) is 0 Å². The fourth-order valence-electron chi connectivity index (χ4n) is 2.94. The van der Waals surface area contributed by atoms with Crippen LogP contribution < -0.4 is 20.5 Å². The number of hydrazine groups is 2. The number of hydrogen-bond acceptors (Lipinski definition) is 7. The Hall–Kier alpha value is -3.30. The Balaban J connectivity index is 1.57. The number of ether oxygens (including phenoxy) is 2. The number of aromatic amines is 1. The van der Waals surface area contributed by atoms with Gasteiger partial charge in [-0.05, 0) is 42.0 Å². The molecule has 0 amide bonds. The smallest absolute Gasteiger partial charge is 0.177 e. The Bertz CT molecular complexity index is 1040. The van der Waals surface area contributed by atoms with Crippen molar-refractivity contribution in [3.8, 4) is 17.2 Å². The molecule has 8 nitrogen and oxygen atoms in total. The van der Waals surface area contributed by atoms with E-state index in [0.717, 1.165) is 28.3 Å². The van der Waals surface area contributed by atoms with Gasteiger partial charge in [0.25, 0.3) is 0 Å². The molecule has 0 saturated carbocycles. The minimum Gasteiger partial charge on any atom is -0.497 e. The van der Waals surface area contributed by atoms with Gasteiger partial charge in [0.05, 0.1) is 32.0 Å². The van der Waals surface area contributed by atoms with Crippen LogP contribution in [-0.2, 0) is 6.54 Å². The number of benzene rings is 2. The van der Waals surface area contributed by atoms with E-state index in [1.54, 1.807) is 14.2 Å². The third kappa shape index (κ3) is 3.45. The molecule has 0 radical (unpaired) electrons. The largest absolute Gasteiger partial charge is 0.497 e. The second-order valence-electron chi connectivity index (χ2n) is 6.12. The number of amidine groups is 1. The molecule has 1 aliphatic rings. The van der Waals surface area contributed by atoms with E-state index in [1.165, 1.54) is 0 Å². The quantitative estimate of drug-likeness (QED) is 0.556. The van der Waals surface area contributed by atoms with Gasteiger partial charge in [0.2, 0.25) is 0 Å². The van der Waals surface area contributed by atoms with Gasteiger partial charge in [-0.3, -0.25) is 10.1 Å². The number of hydrogen-bond donors (Lipinski definition) is 3. The van der Waals surface area contributed by atoms with Crippen molar-refractivity contribution in [3.63, 3.8) is 0 Å². The Morgan fingerprint density at radius 3 is 2.25 bits per heavy atom. The molecule has 144 valence electrons. The van der Waals surface area contributed by atoms with E-state index in [1.807, 2.05) is 64.4 Å². The number of H-pyrrole nitrogens is 1. The highest BCUT2D eigenvalue weighted by atomic mass is 32.1. The van der Waals surface area contributed by atoms with Crippen LogP contribution in [0.5, 0.6) is 11.5 Å². The lowest BCUT2D eigenvalue weighted by molar-refractivity contribution is 0.288. The van der Waals surface area contributed by atoms with Crippen molar-refractivity contribution in [2.45, 2.75) is 6.54 Å². The molecule has 0 spiro atoms. The van der Waals surface area contributed by atoms with Crippen LogP contribution in [0, 0.1) is 4.64 Å². The molecule has 0 saturated heterocycles. The van der Waals surface area contributed by atoms with E-state index in [0.29, 0.717) is 17.0 Å². The average Bonchev–Trinajstić information content (AvgIpc) is 3.34. The molecule has 0 atom stereocenters. The molecule has 4 rings (SSSR count). The topological polar surface area (TPSA) is 78.8 Å². The summed E-state index contributed by atoms with van der Waals surface area (Å²) in [5.41, 5.74) is 8.68. The molecular formula is C19H20N6O2S. The minimum atomic E-state index is 0.609. The lowest BCUT2D eigenvalue weighted by Crippen LogP contribution is -2.40. The summed E-state index contributed by atoms with van der Waals surface area (Å²) in [6.07, 6.45) is 1.85. The molecule has 0 aliphatic carbocycles. The molecule has 0 bridgehead atoms. The van der Waals surface area contributed by atoms with Crippen molar-refractivity contribution in [2.24, 2.45) is 5.10 Å². The van der Waals surface area contributed by atoms with Gasteiger partial charge >= 0.3 is 0 Å². The van der Waals surface area contributed by atoms with E-state index in [4.69, 9.17) is 21.7 Å². The number of nitrogens with one attached hydrogen (secondary N) is 3. The molecule has 1 aromatic heterocycles. The van der Waals surface area contributed by atoms with Crippen molar-refractivity contribution in [1.29, 1.82) is 0 Å². The average molecular weight is 396 g/mol. The third-order valence-electron chi connectivity index (χ3n) is 4.45. The van der Waals surface area contributed by atoms with Gasteiger partial charge in [-0.1, -0.05) is 24.4 Å². The van der Waals surface area contributed by atoms with Gasteiger partial charge in [0.1, 0.15) is 16.1 Å². The van der Waals surface area contributed by atoms with Crippen LogP contribution >= 0.6 is 12.2 Å². The van der Waals surface area contributed by atoms with Gasteiger partial charge in [0.15, 0.2) is 5.84 Å². The maximum atomic E-state index is 5.68. The molecule has 28 heavy (non-hydrogen) atoms. The summed E-state index contributed by atoms with van der Waals surface area (Å²) < 4.78 is 12.9. The summed E-state index contributed by atoms with van der Waals surface area (Å²) in [5.74, 6) is 2.33. The van der Waals surface area contributed by atoms with Crippen molar-refractivity contribution in [1.82, 2.24) is 25.9 Å². The van der Waals surface area contributed by atoms with Gasteiger partial charge in [-0.25, -0.2) is 10.2 Å². The first-order valence-corrected chi connectivity index (χ1v) is 9.04. The first-order chi connectivity index (χ1) is 13.7. The molecule has 0 unspecified atom stereocenters. The van der Waals surface area contributed by atoms with E-state index in [-0.39, 0.29) is 0 Å². The number of nitrogens with zero attached hydrogens (tertiary/aromatic N) is 3. The van der Waals surface area contributed by atoms with Crippen LogP contribution in [0.25, 0.3) is 5.69 Å². The third-order valence-corrected chi connectivity index (χ3v) is 4.85. The lowest BCUT2D eigenvalue weighted by atomic mass is 10.2. The van der Waals surface area contributed by atoms with Gasteiger partial charge < -0.3 is 9.47 Å². The number of hydrazone groups is 1. The van der Waals surface area contributed by atoms with Crippen molar-refractivity contribution < 1.29 is 9.47 Å². The highest BCUT2D eigenvalue weighted by molar-refractivity contribution is 7.71. The first kappa shape index (κ1) is 18.1. The summed E-state index contributed by atoms with van der Waals surface area (Å²) >= 11 is 5.68. The van der Waals surface area contributed by atoms with E-state index >= 15 is 0 Å². The van der Waals surface area contributed by atoms with Crippen LogP contribution in [0.2, 0.25) is 0 Å². The second-order valence-corrected chi connectivity index (χ2v) is 6.51. The lowest BCUT2D eigenvalue weighted by Gasteiger charge is -2.18. The van der Waals surface area contributed by atoms with Crippen LogP contribution in [-0.4, -0.2) is 34.8 Å². The summed E-state index contributed by atoms with van der Waals surface area (Å²) in [6.45, 7) is 0.609. The fourth-order valence-corrected chi connectivity index (χ4v) is 3.25. The Labute approximate surface area is 167 Å². The van der Waals surface area contributed by atoms with Gasteiger partial charge in [-0.2, -0.15) is 0 Å². The molecule has 3 aromatic rings.